The molecular weight excluding hydrogens is 256 g/mol. The molecule has 108 valence electrons. The highest BCUT2D eigenvalue weighted by atomic mass is 16.5. The molecular formula is C14H20N4O2. The van der Waals surface area contributed by atoms with Crippen molar-refractivity contribution in [1.29, 1.82) is 0 Å². The molecule has 0 spiro atoms. The van der Waals surface area contributed by atoms with Crippen molar-refractivity contribution in [2.75, 3.05) is 6.54 Å². The number of hydrogen-bond acceptors (Lipinski definition) is 4. The van der Waals surface area contributed by atoms with Crippen LogP contribution in [0.25, 0.3) is 0 Å². The van der Waals surface area contributed by atoms with Gasteiger partial charge < -0.3 is 9.84 Å². The molecule has 0 radical (unpaired) electrons. The van der Waals surface area contributed by atoms with E-state index in [1.807, 2.05) is 24.6 Å². The molecule has 0 aromatic carbocycles. The zero-order valence-electron chi connectivity index (χ0n) is 12.3. The quantitative estimate of drug-likeness (QED) is 0.904. The van der Waals surface area contributed by atoms with Crippen molar-refractivity contribution in [2.24, 2.45) is 5.92 Å². The Bertz CT molecular complexity index is 600. The molecule has 0 bridgehead atoms. The Balaban J connectivity index is 1.84. The van der Waals surface area contributed by atoms with Gasteiger partial charge >= 0.3 is 0 Å². The average molecular weight is 276 g/mol. The third-order valence-corrected chi connectivity index (χ3v) is 3.05. The number of rotatable bonds is 5. The van der Waals surface area contributed by atoms with Crippen molar-refractivity contribution < 1.29 is 9.32 Å². The predicted molar refractivity (Wildman–Crippen MR) is 74.4 cm³/mol. The van der Waals surface area contributed by atoms with Crippen LogP contribution < -0.4 is 5.32 Å². The van der Waals surface area contributed by atoms with Crippen LogP contribution in [0.4, 0.5) is 0 Å². The van der Waals surface area contributed by atoms with Gasteiger partial charge in [0.25, 0.3) is 5.91 Å². The molecule has 0 saturated carbocycles. The molecule has 1 N–H and O–H groups in total. The van der Waals surface area contributed by atoms with Gasteiger partial charge in [-0.1, -0.05) is 12.1 Å². The molecule has 2 heterocycles. The van der Waals surface area contributed by atoms with Gasteiger partial charge in [0.05, 0.1) is 11.4 Å². The molecule has 1 unspecified atom stereocenters. The number of hydrogen-bond donors (Lipinski definition) is 1. The summed E-state index contributed by atoms with van der Waals surface area (Å²) in [6.45, 7) is 9.20. The van der Waals surface area contributed by atoms with Gasteiger partial charge in [0, 0.05) is 24.8 Å². The molecule has 0 fully saturated rings. The Morgan fingerprint density at radius 3 is 2.65 bits per heavy atom. The lowest BCUT2D eigenvalue weighted by atomic mass is 10.2. The molecule has 1 amide bonds. The van der Waals surface area contributed by atoms with Crippen molar-refractivity contribution in [3.8, 4) is 0 Å². The summed E-state index contributed by atoms with van der Waals surface area (Å²) in [5, 5.41) is 11.0. The van der Waals surface area contributed by atoms with Crippen molar-refractivity contribution in [3.63, 3.8) is 0 Å². The Morgan fingerprint density at radius 1 is 1.35 bits per heavy atom. The average Bonchev–Trinajstić information content (AvgIpc) is 2.93. The molecule has 0 saturated heterocycles. The van der Waals surface area contributed by atoms with Gasteiger partial charge in [-0.2, -0.15) is 5.10 Å². The first kappa shape index (κ1) is 14.3. The SMILES string of the molecule is Cc1cc(C(=O)NCC(C)Cn2nc(C)cc2C)on1. The van der Waals surface area contributed by atoms with Crippen molar-refractivity contribution in [1.82, 2.24) is 20.3 Å². The summed E-state index contributed by atoms with van der Waals surface area (Å²) in [5.74, 6) is 0.299. The highest BCUT2D eigenvalue weighted by Crippen LogP contribution is 2.07. The van der Waals surface area contributed by atoms with Crippen LogP contribution in [0, 0.1) is 26.7 Å². The Morgan fingerprint density at radius 2 is 2.10 bits per heavy atom. The number of amides is 1. The van der Waals surface area contributed by atoms with Crippen LogP contribution in [0.5, 0.6) is 0 Å². The van der Waals surface area contributed by atoms with E-state index in [1.54, 1.807) is 13.0 Å². The fourth-order valence-electron chi connectivity index (χ4n) is 2.04. The predicted octanol–water partition coefficient (Wildman–Crippen LogP) is 1.86. The zero-order chi connectivity index (χ0) is 14.7. The van der Waals surface area contributed by atoms with E-state index < -0.39 is 0 Å². The van der Waals surface area contributed by atoms with E-state index in [4.69, 9.17) is 4.52 Å². The second kappa shape index (κ2) is 5.90. The fourth-order valence-corrected chi connectivity index (χ4v) is 2.04. The van der Waals surface area contributed by atoms with Gasteiger partial charge in [-0.15, -0.1) is 0 Å². The van der Waals surface area contributed by atoms with E-state index in [0.29, 0.717) is 12.2 Å². The number of aromatic nitrogens is 3. The molecule has 2 rings (SSSR count). The minimum absolute atomic E-state index is 0.231. The number of aryl methyl sites for hydroxylation is 3. The summed E-state index contributed by atoms with van der Waals surface area (Å²) in [4.78, 5) is 11.8. The highest BCUT2D eigenvalue weighted by Gasteiger charge is 2.13. The lowest BCUT2D eigenvalue weighted by Crippen LogP contribution is -2.30. The minimum Gasteiger partial charge on any atom is -0.351 e. The smallest absolute Gasteiger partial charge is 0.289 e. The second-order valence-corrected chi connectivity index (χ2v) is 5.26. The molecule has 1 atom stereocenters. The molecule has 20 heavy (non-hydrogen) atoms. The Labute approximate surface area is 118 Å². The summed E-state index contributed by atoms with van der Waals surface area (Å²) < 4.78 is 6.88. The van der Waals surface area contributed by atoms with Gasteiger partial charge in [-0.25, -0.2) is 0 Å². The lowest BCUT2D eigenvalue weighted by molar-refractivity contribution is 0.0909. The van der Waals surface area contributed by atoms with Gasteiger partial charge in [0.2, 0.25) is 5.76 Å². The molecule has 6 nitrogen and oxygen atoms in total. The maximum absolute atomic E-state index is 11.8. The maximum atomic E-state index is 11.8. The number of nitrogens with one attached hydrogen (secondary N) is 1. The van der Waals surface area contributed by atoms with E-state index in [1.165, 1.54) is 0 Å². The van der Waals surface area contributed by atoms with E-state index >= 15 is 0 Å². The summed E-state index contributed by atoms with van der Waals surface area (Å²) in [7, 11) is 0. The van der Waals surface area contributed by atoms with Crippen molar-refractivity contribution >= 4 is 5.91 Å². The monoisotopic (exact) mass is 276 g/mol. The molecule has 2 aromatic heterocycles. The minimum atomic E-state index is -0.231. The second-order valence-electron chi connectivity index (χ2n) is 5.26. The summed E-state index contributed by atoms with van der Waals surface area (Å²) in [6, 6.07) is 3.67. The molecule has 0 aliphatic carbocycles. The van der Waals surface area contributed by atoms with E-state index in [9.17, 15) is 4.79 Å². The number of carbonyl (C=O) groups is 1. The summed E-state index contributed by atoms with van der Waals surface area (Å²) in [6.07, 6.45) is 0. The third-order valence-electron chi connectivity index (χ3n) is 3.05. The Hall–Kier alpha value is -2.11. The van der Waals surface area contributed by atoms with Crippen LogP contribution in [0.15, 0.2) is 16.7 Å². The van der Waals surface area contributed by atoms with Crippen LogP contribution in [0.2, 0.25) is 0 Å². The molecule has 2 aromatic rings. The van der Waals surface area contributed by atoms with E-state index in [-0.39, 0.29) is 17.6 Å². The molecule has 0 aliphatic rings. The van der Waals surface area contributed by atoms with Gasteiger partial charge in [0.15, 0.2) is 0 Å². The normalized spacial score (nSPS) is 12.4. The van der Waals surface area contributed by atoms with Gasteiger partial charge in [0.1, 0.15) is 0 Å². The largest absolute Gasteiger partial charge is 0.351 e. The van der Waals surface area contributed by atoms with Crippen molar-refractivity contribution in [3.05, 3.63) is 35.0 Å². The van der Waals surface area contributed by atoms with E-state index in [2.05, 4.69) is 22.5 Å². The summed E-state index contributed by atoms with van der Waals surface area (Å²) >= 11 is 0. The topological polar surface area (TPSA) is 73.0 Å². The number of carbonyl (C=O) groups excluding carboxylic acids is 1. The molecule has 6 heteroatoms. The van der Waals surface area contributed by atoms with Gasteiger partial charge in [-0.3, -0.25) is 9.48 Å². The molecule has 0 aliphatic heterocycles. The lowest BCUT2D eigenvalue weighted by Gasteiger charge is -2.13. The van der Waals surface area contributed by atoms with Crippen LogP contribution in [0.1, 0.15) is 34.6 Å². The number of nitrogens with zero attached hydrogens (tertiary/aromatic N) is 3. The van der Waals surface area contributed by atoms with Crippen LogP contribution in [-0.2, 0) is 6.54 Å². The van der Waals surface area contributed by atoms with Crippen LogP contribution in [0.3, 0.4) is 0 Å². The van der Waals surface area contributed by atoms with Crippen molar-refractivity contribution in [2.45, 2.75) is 34.2 Å². The maximum Gasteiger partial charge on any atom is 0.289 e. The first-order valence-electron chi connectivity index (χ1n) is 6.68. The fraction of sp³-hybridized carbons (Fsp3) is 0.500. The van der Waals surface area contributed by atoms with E-state index in [0.717, 1.165) is 17.9 Å². The van der Waals surface area contributed by atoms with Crippen LogP contribution >= 0.6 is 0 Å². The van der Waals surface area contributed by atoms with Crippen LogP contribution in [-0.4, -0.2) is 27.4 Å². The third kappa shape index (κ3) is 3.46. The zero-order valence-corrected chi connectivity index (χ0v) is 12.3. The first-order valence-corrected chi connectivity index (χ1v) is 6.68. The van der Waals surface area contributed by atoms with Gasteiger partial charge in [-0.05, 0) is 32.8 Å². The summed E-state index contributed by atoms with van der Waals surface area (Å²) in [5.41, 5.74) is 2.84. The standard InChI is InChI=1S/C14H20N4O2/c1-9(8-18-12(4)5-10(2)16-18)7-15-14(19)13-6-11(3)17-20-13/h5-6,9H,7-8H2,1-4H3,(H,15,19). The first-order chi connectivity index (χ1) is 9.45. The highest BCUT2D eigenvalue weighted by molar-refractivity contribution is 5.91. The Kier molecular flexibility index (Phi) is 4.22.